The maximum absolute atomic E-state index is 11.1. The first-order chi connectivity index (χ1) is 9.72. The molecule has 1 aliphatic heterocycles. The van der Waals surface area contributed by atoms with Gasteiger partial charge in [0.25, 0.3) is 0 Å². The zero-order valence-corrected chi connectivity index (χ0v) is 11.8. The normalized spacial score (nSPS) is 32.1. The molecule has 0 aromatic carbocycles. The van der Waals surface area contributed by atoms with Crippen LogP contribution in [0, 0.1) is 0 Å². The molecule has 0 saturated carbocycles. The minimum atomic E-state index is -1.64. The first-order valence-corrected chi connectivity index (χ1v) is 6.21. The van der Waals surface area contributed by atoms with Gasteiger partial charge in [-0.3, -0.25) is 14.4 Å². The van der Waals surface area contributed by atoms with E-state index in [2.05, 4.69) is 0 Å². The zero-order chi connectivity index (χ0) is 16.2. The molecule has 120 valence electrons. The van der Waals surface area contributed by atoms with Crippen molar-refractivity contribution in [3.05, 3.63) is 0 Å². The van der Waals surface area contributed by atoms with Gasteiger partial charge in [0.2, 0.25) is 0 Å². The van der Waals surface area contributed by atoms with Crippen molar-refractivity contribution < 1.29 is 43.5 Å². The first-order valence-electron chi connectivity index (χ1n) is 6.21. The Labute approximate surface area is 120 Å². The summed E-state index contributed by atoms with van der Waals surface area (Å²) in [5, 5.41) is 19.8. The Morgan fingerprint density at radius 2 is 1.48 bits per heavy atom. The zero-order valence-electron chi connectivity index (χ0n) is 11.8. The quantitative estimate of drug-likeness (QED) is 0.470. The number of ether oxygens (including phenoxy) is 4. The molecule has 0 amide bonds. The fraction of sp³-hybridized carbons (Fsp3) is 0.750. The molecule has 1 fully saturated rings. The number of aliphatic hydroxyl groups is 2. The lowest BCUT2D eigenvalue weighted by atomic mass is 9.99. The van der Waals surface area contributed by atoms with Crippen LogP contribution in [0.4, 0.5) is 0 Å². The van der Waals surface area contributed by atoms with Crippen molar-refractivity contribution in [1.82, 2.24) is 0 Å². The van der Waals surface area contributed by atoms with E-state index in [1.54, 1.807) is 0 Å². The summed E-state index contributed by atoms with van der Waals surface area (Å²) >= 11 is 0. The lowest BCUT2D eigenvalue weighted by Gasteiger charge is -2.41. The topological polar surface area (TPSA) is 129 Å². The highest BCUT2D eigenvalue weighted by atomic mass is 16.7. The minimum absolute atomic E-state index is 0.339. The molecule has 0 spiro atoms. The maximum atomic E-state index is 11.1. The van der Waals surface area contributed by atoms with E-state index in [0.717, 1.165) is 20.8 Å². The number of hydrogen-bond acceptors (Lipinski definition) is 9. The van der Waals surface area contributed by atoms with Crippen molar-refractivity contribution in [2.24, 2.45) is 0 Å². The van der Waals surface area contributed by atoms with E-state index in [1.165, 1.54) is 0 Å². The second kappa shape index (κ2) is 7.34. The van der Waals surface area contributed by atoms with E-state index in [4.69, 9.17) is 18.9 Å². The van der Waals surface area contributed by atoms with Crippen molar-refractivity contribution in [1.29, 1.82) is 0 Å². The van der Waals surface area contributed by atoms with E-state index in [1.807, 2.05) is 0 Å². The molecule has 9 heteroatoms. The summed E-state index contributed by atoms with van der Waals surface area (Å²) in [4.78, 5) is 32.8. The molecular formula is C12H18O9. The first kappa shape index (κ1) is 17.3. The SMILES string of the molecule is CC(=O)OCC1O[C@H](O)C(OC(C)=O)[C@@H](O)[C@@H]1OC(C)=O. The Balaban J connectivity index is 2.86. The summed E-state index contributed by atoms with van der Waals surface area (Å²) in [6, 6.07) is 0. The average molecular weight is 306 g/mol. The average Bonchev–Trinajstić information content (AvgIpc) is 2.35. The van der Waals surface area contributed by atoms with Crippen LogP contribution < -0.4 is 0 Å². The standard InChI is InChI=1S/C12H18O9/c1-5(13)18-4-8-10(19-6(2)14)9(16)11(12(17)21-8)20-7(3)15/h8-12,16-17H,4H2,1-3H3/t8?,9-,10+,11?,12-/m0/s1. The van der Waals surface area contributed by atoms with Crippen LogP contribution in [0.1, 0.15) is 20.8 Å². The molecule has 5 atom stereocenters. The van der Waals surface area contributed by atoms with Crippen molar-refractivity contribution in [3.8, 4) is 0 Å². The monoisotopic (exact) mass is 306 g/mol. The molecule has 0 bridgehead atoms. The van der Waals surface area contributed by atoms with Gasteiger partial charge in [0, 0.05) is 20.8 Å². The summed E-state index contributed by atoms with van der Waals surface area (Å²) in [5.41, 5.74) is 0. The van der Waals surface area contributed by atoms with E-state index in [0.29, 0.717) is 0 Å². The van der Waals surface area contributed by atoms with Crippen molar-refractivity contribution in [2.45, 2.75) is 51.5 Å². The Morgan fingerprint density at radius 1 is 0.952 bits per heavy atom. The minimum Gasteiger partial charge on any atom is -0.463 e. The van der Waals surface area contributed by atoms with Gasteiger partial charge in [-0.15, -0.1) is 0 Å². The number of carbonyl (C=O) groups excluding carboxylic acids is 3. The second-order valence-electron chi connectivity index (χ2n) is 4.51. The lowest BCUT2D eigenvalue weighted by molar-refractivity contribution is -0.293. The molecule has 0 aromatic rings. The third-order valence-corrected chi connectivity index (χ3v) is 2.69. The van der Waals surface area contributed by atoms with Crippen LogP contribution >= 0.6 is 0 Å². The maximum Gasteiger partial charge on any atom is 0.303 e. The van der Waals surface area contributed by atoms with Crippen LogP contribution in [0.5, 0.6) is 0 Å². The van der Waals surface area contributed by atoms with Crippen molar-refractivity contribution >= 4 is 17.9 Å². The van der Waals surface area contributed by atoms with Crippen LogP contribution in [0.25, 0.3) is 0 Å². The predicted octanol–water partition coefficient (Wildman–Crippen LogP) is -1.51. The predicted molar refractivity (Wildman–Crippen MR) is 64.6 cm³/mol. The molecule has 0 aliphatic carbocycles. The van der Waals surface area contributed by atoms with Gasteiger partial charge in [-0.2, -0.15) is 0 Å². The number of rotatable bonds is 4. The third-order valence-electron chi connectivity index (χ3n) is 2.69. The van der Waals surface area contributed by atoms with E-state index < -0.39 is 48.6 Å². The van der Waals surface area contributed by atoms with Crippen LogP contribution in [-0.2, 0) is 33.3 Å². The van der Waals surface area contributed by atoms with Crippen LogP contribution in [0.2, 0.25) is 0 Å². The van der Waals surface area contributed by atoms with Crippen molar-refractivity contribution in [3.63, 3.8) is 0 Å². The second-order valence-corrected chi connectivity index (χ2v) is 4.51. The number of hydrogen-bond donors (Lipinski definition) is 2. The Bertz CT molecular complexity index is 406. The highest BCUT2D eigenvalue weighted by Crippen LogP contribution is 2.25. The van der Waals surface area contributed by atoms with Gasteiger partial charge in [-0.1, -0.05) is 0 Å². The molecule has 2 unspecified atom stereocenters. The van der Waals surface area contributed by atoms with Crippen LogP contribution in [0.3, 0.4) is 0 Å². The van der Waals surface area contributed by atoms with Crippen LogP contribution in [0.15, 0.2) is 0 Å². The molecule has 1 aliphatic rings. The summed E-state index contributed by atoms with van der Waals surface area (Å²) in [5.74, 6) is -2.07. The van der Waals surface area contributed by atoms with Gasteiger partial charge < -0.3 is 29.2 Å². The van der Waals surface area contributed by atoms with Gasteiger partial charge in [-0.05, 0) is 0 Å². The molecule has 2 N–H and O–H groups in total. The highest BCUT2D eigenvalue weighted by molar-refractivity contribution is 5.67. The van der Waals surface area contributed by atoms with Crippen LogP contribution in [-0.4, -0.2) is 65.4 Å². The molecule has 1 rings (SSSR count). The molecule has 21 heavy (non-hydrogen) atoms. The number of aliphatic hydroxyl groups excluding tert-OH is 2. The molecule has 1 heterocycles. The fourth-order valence-corrected chi connectivity index (χ4v) is 1.90. The van der Waals surface area contributed by atoms with Crippen molar-refractivity contribution in [2.75, 3.05) is 6.61 Å². The van der Waals surface area contributed by atoms with Gasteiger partial charge >= 0.3 is 17.9 Å². The van der Waals surface area contributed by atoms with Gasteiger partial charge in [-0.25, -0.2) is 0 Å². The summed E-state index contributed by atoms with van der Waals surface area (Å²) in [6.45, 7) is 3.03. The van der Waals surface area contributed by atoms with E-state index >= 15 is 0 Å². The largest absolute Gasteiger partial charge is 0.463 e. The summed E-state index contributed by atoms with van der Waals surface area (Å²) in [7, 11) is 0. The van der Waals surface area contributed by atoms with Gasteiger partial charge in [0.1, 0.15) is 18.8 Å². The molecule has 0 aromatic heterocycles. The molecule has 1 saturated heterocycles. The van der Waals surface area contributed by atoms with Gasteiger partial charge in [0.15, 0.2) is 18.5 Å². The Morgan fingerprint density at radius 3 is 1.95 bits per heavy atom. The fourth-order valence-electron chi connectivity index (χ4n) is 1.90. The van der Waals surface area contributed by atoms with Gasteiger partial charge in [0.05, 0.1) is 0 Å². The molecule has 9 nitrogen and oxygen atoms in total. The molecule has 0 radical (unpaired) electrons. The Kier molecular flexibility index (Phi) is 6.06. The molecular weight excluding hydrogens is 288 g/mol. The highest BCUT2D eigenvalue weighted by Gasteiger charge is 2.48. The Hall–Kier alpha value is -1.71. The number of carbonyl (C=O) groups is 3. The lowest BCUT2D eigenvalue weighted by Crippen LogP contribution is -2.61. The summed E-state index contributed by atoms with van der Waals surface area (Å²) in [6.07, 6.45) is -6.93. The summed E-state index contributed by atoms with van der Waals surface area (Å²) < 4.78 is 19.5. The van der Waals surface area contributed by atoms with E-state index in [9.17, 15) is 24.6 Å². The smallest absolute Gasteiger partial charge is 0.303 e. The third kappa shape index (κ3) is 4.96. The van der Waals surface area contributed by atoms with E-state index in [-0.39, 0.29) is 6.61 Å². The number of esters is 3.